The number of amides is 1. The number of nitrogens with one attached hydrogen (secondary N) is 2. The van der Waals surface area contributed by atoms with Gasteiger partial charge in [0.2, 0.25) is 0 Å². The summed E-state index contributed by atoms with van der Waals surface area (Å²) in [6.45, 7) is 13.6. The van der Waals surface area contributed by atoms with Gasteiger partial charge in [-0.05, 0) is 112 Å². The van der Waals surface area contributed by atoms with Gasteiger partial charge in [-0.3, -0.25) is 9.52 Å². The fraction of sp³-hybridized carbons (Fsp3) is 0.296. The molecule has 33 heavy (non-hydrogen) atoms. The molecular formula is C27H32N2O3S. The van der Waals surface area contributed by atoms with Crippen LogP contribution in [0.1, 0.15) is 62.3 Å². The molecule has 0 aliphatic rings. The van der Waals surface area contributed by atoms with Crippen LogP contribution in [-0.4, -0.2) is 14.3 Å². The van der Waals surface area contributed by atoms with E-state index in [-0.39, 0.29) is 16.8 Å². The lowest BCUT2D eigenvalue weighted by Gasteiger charge is -2.19. The van der Waals surface area contributed by atoms with E-state index in [1.54, 1.807) is 31.2 Å². The highest BCUT2D eigenvalue weighted by Crippen LogP contribution is 2.24. The van der Waals surface area contributed by atoms with Gasteiger partial charge >= 0.3 is 0 Å². The smallest absolute Gasteiger partial charge is 0.262 e. The third kappa shape index (κ3) is 5.63. The van der Waals surface area contributed by atoms with E-state index < -0.39 is 10.0 Å². The van der Waals surface area contributed by atoms with Crippen LogP contribution in [0.25, 0.3) is 0 Å². The summed E-state index contributed by atoms with van der Waals surface area (Å²) < 4.78 is 28.9. The summed E-state index contributed by atoms with van der Waals surface area (Å²) >= 11 is 0. The van der Waals surface area contributed by atoms with E-state index >= 15 is 0 Å². The van der Waals surface area contributed by atoms with Crippen molar-refractivity contribution in [1.29, 1.82) is 0 Å². The van der Waals surface area contributed by atoms with Crippen LogP contribution in [0.15, 0.2) is 53.4 Å². The second kappa shape index (κ2) is 9.40. The molecule has 3 rings (SSSR count). The third-order valence-corrected chi connectivity index (χ3v) is 7.43. The van der Waals surface area contributed by atoms with E-state index in [9.17, 15) is 13.2 Å². The van der Waals surface area contributed by atoms with Crippen molar-refractivity contribution in [2.75, 3.05) is 4.72 Å². The lowest BCUT2D eigenvalue weighted by atomic mass is 9.96. The highest BCUT2D eigenvalue weighted by atomic mass is 32.2. The van der Waals surface area contributed by atoms with Crippen LogP contribution in [-0.2, 0) is 10.0 Å². The Balaban J connectivity index is 1.87. The fourth-order valence-corrected chi connectivity index (χ4v) is 5.39. The Labute approximate surface area is 197 Å². The molecule has 0 heterocycles. The summed E-state index contributed by atoms with van der Waals surface area (Å²) in [4.78, 5) is 13.1. The van der Waals surface area contributed by atoms with Crippen LogP contribution in [0.4, 0.5) is 5.69 Å². The molecule has 3 aromatic carbocycles. The number of rotatable bonds is 6. The minimum atomic E-state index is -3.86. The molecule has 174 valence electrons. The largest absolute Gasteiger partial charge is 0.346 e. The molecule has 0 aromatic heterocycles. The van der Waals surface area contributed by atoms with Gasteiger partial charge in [-0.2, -0.15) is 0 Å². The molecule has 3 aromatic rings. The van der Waals surface area contributed by atoms with Gasteiger partial charge in [0.15, 0.2) is 0 Å². The summed E-state index contributed by atoms with van der Waals surface area (Å²) in [6, 6.07) is 14.3. The molecule has 0 saturated carbocycles. The number of carbonyl (C=O) groups excluding carboxylic acids is 1. The maximum Gasteiger partial charge on any atom is 0.262 e. The summed E-state index contributed by atoms with van der Waals surface area (Å²) in [7, 11) is -3.86. The van der Waals surface area contributed by atoms with Crippen molar-refractivity contribution in [3.8, 4) is 0 Å². The summed E-state index contributed by atoms with van der Waals surface area (Å²) in [5, 5.41) is 3.01. The maximum absolute atomic E-state index is 13.1. The van der Waals surface area contributed by atoms with Crippen LogP contribution in [0.3, 0.4) is 0 Å². The first kappa shape index (κ1) is 24.5. The molecule has 6 heteroatoms. The Morgan fingerprint density at radius 2 is 1.36 bits per heavy atom. The number of benzene rings is 3. The van der Waals surface area contributed by atoms with Crippen molar-refractivity contribution in [2.24, 2.45) is 0 Å². The van der Waals surface area contributed by atoms with E-state index in [0.717, 1.165) is 27.8 Å². The van der Waals surface area contributed by atoms with Gasteiger partial charge in [-0.15, -0.1) is 0 Å². The molecule has 0 radical (unpaired) electrons. The lowest BCUT2D eigenvalue weighted by molar-refractivity contribution is 0.0939. The lowest BCUT2D eigenvalue weighted by Crippen LogP contribution is -2.27. The summed E-state index contributed by atoms with van der Waals surface area (Å²) in [5.41, 5.74) is 7.83. The zero-order valence-electron chi connectivity index (χ0n) is 20.3. The Kier molecular flexibility index (Phi) is 6.98. The van der Waals surface area contributed by atoms with Crippen LogP contribution in [0.2, 0.25) is 0 Å². The first-order valence-electron chi connectivity index (χ1n) is 11.0. The zero-order chi connectivity index (χ0) is 24.5. The SMILES string of the molecule is Cc1cc(C)cc(NS(=O)(=O)c2cc(C(=O)N[C@H](C)c3cc(C)c(C)cc3C)ccc2C)c1. The number of carbonyl (C=O) groups is 1. The third-order valence-electron chi connectivity index (χ3n) is 5.91. The first-order valence-corrected chi connectivity index (χ1v) is 12.5. The number of hydrogen-bond donors (Lipinski definition) is 2. The Morgan fingerprint density at radius 1 is 0.758 bits per heavy atom. The molecule has 0 unspecified atom stereocenters. The molecule has 2 N–H and O–H groups in total. The molecule has 0 aliphatic carbocycles. The van der Waals surface area contributed by atoms with Gasteiger partial charge in [-0.1, -0.05) is 24.3 Å². The van der Waals surface area contributed by atoms with Gasteiger partial charge in [-0.25, -0.2) is 8.42 Å². The standard InChI is InChI=1S/C27H32N2O3S/c1-16-10-17(2)12-24(11-16)29-33(31,32)26-15-23(9-8-18(26)3)27(30)28-22(7)25-14-20(5)19(4)13-21(25)6/h8-15,22,29H,1-7H3,(H,28,30)/t22-/m1/s1. The molecule has 0 spiro atoms. The van der Waals surface area contributed by atoms with E-state index in [1.807, 2.05) is 40.7 Å². The van der Waals surface area contributed by atoms with Gasteiger partial charge in [0.25, 0.3) is 15.9 Å². The molecule has 1 atom stereocenters. The predicted molar refractivity (Wildman–Crippen MR) is 134 cm³/mol. The van der Waals surface area contributed by atoms with Crippen molar-refractivity contribution in [2.45, 2.75) is 59.4 Å². The minimum Gasteiger partial charge on any atom is -0.346 e. The topological polar surface area (TPSA) is 75.3 Å². The van der Waals surface area contributed by atoms with Crippen molar-refractivity contribution in [3.05, 3.63) is 93.0 Å². The minimum absolute atomic E-state index is 0.0873. The van der Waals surface area contributed by atoms with E-state index in [4.69, 9.17) is 0 Å². The number of aryl methyl sites for hydroxylation is 6. The van der Waals surface area contributed by atoms with Crippen molar-refractivity contribution in [3.63, 3.8) is 0 Å². The maximum atomic E-state index is 13.1. The highest BCUT2D eigenvalue weighted by Gasteiger charge is 2.21. The zero-order valence-corrected chi connectivity index (χ0v) is 21.1. The molecular weight excluding hydrogens is 432 g/mol. The van der Waals surface area contributed by atoms with Gasteiger partial charge in [0.05, 0.1) is 10.9 Å². The van der Waals surface area contributed by atoms with Crippen LogP contribution >= 0.6 is 0 Å². The molecule has 0 aliphatic heterocycles. The molecule has 0 bridgehead atoms. The predicted octanol–water partition coefficient (Wildman–Crippen LogP) is 5.83. The van der Waals surface area contributed by atoms with Crippen molar-refractivity contribution in [1.82, 2.24) is 5.32 Å². The molecule has 0 saturated heterocycles. The Hall–Kier alpha value is -3.12. The van der Waals surface area contributed by atoms with Gasteiger partial charge < -0.3 is 5.32 Å². The van der Waals surface area contributed by atoms with E-state index in [0.29, 0.717) is 16.8 Å². The molecule has 0 fully saturated rings. The van der Waals surface area contributed by atoms with Crippen LogP contribution in [0.5, 0.6) is 0 Å². The van der Waals surface area contributed by atoms with Gasteiger partial charge in [0.1, 0.15) is 0 Å². The van der Waals surface area contributed by atoms with Crippen molar-refractivity contribution < 1.29 is 13.2 Å². The average molecular weight is 465 g/mol. The Bertz CT molecular complexity index is 1310. The summed E-state index contributed by atoms with van der Waals surface area (Å²) in [5.74, 6) is -0.317. The Morgan fingerprint density at radius 3 is 2.00 bits per heavy atom. The number of sulfonamides is 1. The highest BCUT2D eigenvalue weighted by molar-refractivity contribution is 7.92. The second-order valence-corrected chi connectivity index (χ2v) is 10.6. The first-order chi connectivity index (χ1) is 15.4. The van der Waals surface area contributed by atoms with E-state index in [2.05, 4.69) is 29.1 Å². The average Bonchev–Trinajstić information content (AvgIpc) is 2.69. The van der Waals surface area contributed by atoms with Crippen LogP contribution in [0, 0.1) is 41.5 Å². The molecule has 5 nitrogen and oxygen atoms in total. The summed E-state index contributed by atoms with van der Waals surface area (Å²) in [6.07, 6.45) is 0. The second-order valence-electron chi connectivity index (χ2n) is 8.95. The van der Waals surface area contributed by atoms with Crippen LogP contribution < -0.4 is 10.0 Å². The van der Waals surface area contributed by atoms with E-state index in [1.165, 1.54) is 11.6 Å². The molecule has 1 amide bonds. The van der Waals surface area contributed by atoms with Crippen molar-refractivity contribution >= 4 is 21.6 Å². The normalized spacial score (nSPS) is 12.3. The number of anilines is 1. The quantitative estimate of drug-likeness (QED) is 0.482. The van der Waals surface area contributed by atoms with Gasteiger partial charge in [0, 0.05) is 11.3 Å². The fourth-order valence-electron chi connectivity index (χ4n) is 4.08. The monoisotopic (exact) mass is 464 g/mol. The number of hydrogen-bond acceptors (Lipinski definition) is 3.